The largest absolute Gasteiger partial charge is 0.497 e. The minimum atomic E-state index is -0.593. The Balaban J connectivity index is 1.60. The van der Waals surface area contributed by atoms with Gasteiger partial charge >= 0.3 is 6.09 Å². The highest BCUT2D eigenvalue weighted by Gasteiger charge is 2.29. The molecule has 9 nitrogen and oxygen atoms in total. The van der Waals surface area contributed by atoms with Gasteiger partial charge in [0.15, 0.2) is 5.69 Å². The van der Waals surface area contributed by atoms with Crippen molar-refractivity contribution in [2.45, 2.75) is 45.3 Å². The third kappa shape index (κ3) is 6.28. The number of carbonyl (C=O) groups is 2. The Labute approximate surface area is 216 Å². The molecule has 9 heteroatoms. The summed E-state index contributed by atoms with van der Waals surface area (Å²) in [5.74, 6) is 0.502. The number of hydrogen-bond acceptors (Lipinski definition) is 6. The molecule has 1 fully saturated rings. The Hall–Kier alpha value is -4.32. The van der Waals surface area contributed by atoms with Gasteiger partial charge in [-0.1, -0.05) is 12.1 Å². The van der Waals surface area contributed by atoms with Crippen LogP contribution in [-0.4, -0.2) is 58.5 Å². The maximum Gasteiger partial charge on any atom is 0.407 e. The zero-order valence-electron chi connectivity index (χ0n) is 21.5. The van der Waals surface area contributed by atoms with E-state index in [0.29, 0.717) is 30.1 Å². The third-order valence-corrected chi connectivity index (χ3v) is 5.98. The number of aromatic nitrogens is 2. The predicted molar refractivity (Wildman–Crippen MR) is 139 cm³/mol. The van der Waals surface area contributed by atoms with Gasteiger partial charge in [0.05, 0.1) is 30.1 Å². The van der Waals surface area contributed by atoms with Crippen molar-refractivity contribution >= 4 is 12.0 Å². The Kier molecular flexibility index (Phi) is 7.48. The quantitative estimate of drug-likeness (QED) is 0.549. The number of amides is 2. The molecule has 1 aliphatic rings. The fourth-order valence-corrected chi connectivity index (χ4v) is 4.24. The van der Waals surface area contributed by atoms with E-state index in [-0.39, 0.29) is 11.9 Å². The third-order valence-electron chi connectivity index (χ3n) is 5.98. The van der Waals surface area contributed by atoms with Gasteiger partial charge in [0.25, 0.3) is 5.91 Å². The van der Waals surface area contributed by atoms with E-state index in [1.807, 2.05) is 57.2 Å². The molecule has 1 aliphatic heterocycles. The molecule has 1 unspecified atom stereocenters. The number of rotatable bonds is 5. The number of methoxy groups -OCH3 is 1. The lowest BCUT2D eigenvalue weighted by Crippen LogP contribution is -2.50. The monoisotopic (exact) mass is 501 g/mol. The van der Waals surface area contributed by atoms with Gasteiger partial charge < -0.3 is 19.7 Å². The number of hydrogen-bond donors (Lipinski definition) is 1. The molecule has 3 aromatic rings. The van der Waals surface area contributed by atoms with Crippen LogP contribution in [0.4, 0.5) is 4.79 Å². The van der Waals surface area contributed by atoms with Crippen LogP contribution in [0.3, 0.4) is 0 Å². The molecule has 0 radical (unpaired) electrons. The molecule has 1 saturated heterocycles. The standard InChI is InChI=1S/C28H31N5O4/c1-28(2,3)37-27(35)30-21-6-5-15-32(18-21)26(34)24-16-25(20-9-7-19(17-29)8-10-20)33(31-24)22-11-13-23(36-4)14-12-22/h7-14,16,21H,5-6,15,18H2,1-4H3,(H,30,35). The first-order valence-corrected chi connectivity index (χ1v) is 12.2. The second-order valence-electron chi connectivity index (χ2n) is 9.95. The maximum atomic E-state index is 13.5. The average Bonchev–Trinajstić information content (AvgIpc) is 3.33. The molecule has 2 aromatic carbocycles. The fraction of sp³-hybridized carbons (Fsp3) is 0.357. The van der Waals surface area contributed by atoms with E-state index in [1.165, 1.54) is 0 Å². The Morgan fingerprint density at radius 1 is 1.11 bits per heavy atom. The van der Waals surface area contributed by atoms with Gasteiger partial charge in [-0.2, -0.15) is 10.4 Å². The molecule has 1 N–H and O–H groups in total. The molecule has 0 saturated carbocycles. The number of ether oxygens (including phenoxy) is 2. The first kappa shape index (κ1) is 25.8. The molecule has 1 atom stereocenters. The molecule has 0 aliphatic carbocycles. The number of carbonyl (C=O) groups excluding carboxylic acids is 2. The van der Waals surface area contributed by atoms with Gasteiger partial charge in [0, 0.05) is 24.7 Å². The fourth-order valence-electron chi connectivity index (χ4n) is 4.24. The van der Waals surface area contributed by atoms with Crippen LogP contribution in [-0.2, 0) is 4.74 Å². The lowest BCUT2D eigenvalue weighted by molar-refractivity contribution is 0.0451. The summed E-state index contributed by atoms with van der Waals surface area (Å²) < 4.78 is 12.4. The maximum absolute atomic E-state index is 13.5. The molecule has 4 rings (SSSR count). The van der Waals surface area contributed by atoms with E-state index in [2.05, 4.69) is 16.5 Å². The minimum absolute atomic E-state index is 0.200. The normalized spacial score (nSPS) is 15.5. The topological polar surface area (TPSA) is 109 Å². The van der Waals surface area contributed by atoms with Crippen LogP contribution in [0, 0.1) is 11.3 Å². The van der Waals surface area contributed by atoms with E-state index < -0.39 is 11.7 Å². The van der Waals surface area contributed by atoms with Crippen LogP contribution in [0.2, 0.25) is 0 Å². The van der Waals surface area contributed by atoms with E-state index in [9.17, 15) is 14.9 Å². The highest BCUT2D eigenvalue weighted by molar-refractivity contribution is 5.94. The smallest absolute Gasteiger partial charge is 0.407 e. The van der Waals surface area contributed by atoms with Crippen LogP contribution in [0.1, 0.15) is 49.7 Å². The molecule has 0 bridgehead atoms. The average molecular weight is 502 g/mol. The zero-order chi connectivity index (χ0) is 26.6. The van der Waals surface area contributed by atoms with Crippen molar-refractivity contribution in [2.24, 2.45) is 0 Å². The molecular weight excluding hydrogens is 470 g/mol. The van der Waals surface area contributed by atoms with Crippen molar-refractivity contribution in [1.82, 2.24) is 20.0 Å². The van der Waals surface area contributed by atoms with Crippen LogP contribution in [0.15, 0.2) is 54.6 Å². The Bertz CT molecular complexity index is 1300. The minimum Gasteiger partial charge on any atom is -0.497 e. The van der Waals surface area contributed by atoms with Crippen LogP contribution in [0.5, 0.6) is 5.75 Å². The molecule has 37 heavy (non-hydrogen) atoms. The van der Waals surface area contributed by atoms with Gasteiger partial charge in [-0.3, -0.25) is 4.79 Å². The number of nitrogens with one attached hydrogen (secondary N) is 1. The highest BCUT2D eigenvalue weighted by Crippen LogP contribution is 2.27. The molecule has 2 amide bonds. The summed E-state index contributed by atoms with van der Waals surface area (Å²) in [5, 5.41) is 16.7. The number of likely N-dealkylation sites (tertiary alicyclic amines) is 1. The van der Waals surface area contributed by atoms with Gasteiger partial charge in [-0.15, -0.1) is 0 Å². The lowest BCUT2D eigenvalue weighted by atomic mass is 10.1. The van der Waals surface area contributed by atoms with Gasteiger partial charge in [0.2, 0.25) is 0 Å². The SMILES string of the molecule is COc1ccc(-n2nc(C(=O)N3CCCC(NC(=O)OC(C)(C)C)C3)cc2-c2ccc(C#N)cc2)cc1. The molecule has 2 heterocycles. The summed E-state index contributed by atoms with van der Waals surface area (Å²) in [6, 6.07) is 18.2. The van der Waals surface area contributed by atoms with E-state index in [4.69, 9.17) is 9.47 Å². The van der Waals surface area contributed by atoms with Crippen molar-refractivity contribution in [3.8, 4) is 28.8 Å². The van der Waals surface area contributed by atoms with Gasteiger partial charge in [0.1, 0.15) is 11.4 Å². The Morgan fingerprint density at radius 2 is 1.81 bits per heavy atom. The van der Waals surface area contributed by atoms with Crippen molar-refractivity contribution in [1.29, 1.82) is 5.26 Å². The highest BCUT2D eigenvalue weighted by atomic mass is 16.6. The lowest BCUT2D eigenvalue weighted by Gasteiger charge is -2.33. The summed E-state index contributed by atoms with van der Waals surface area (Å²) in [7, 11) is 1.60. The van der Waals surface area contributed by atoms with E-state index in [0.717, 1.165) is 29.8 Å². The van der Waals surface area contributed by atoms with Crippen LogP contribution < -0.4 is 10.1 Å². The number of nitrogens with zero attached hydrogens (tertiary/aromatic N) is 4. The summed E-state index contributed by atoms with van der Waals surface area (Å²) in [6.07, 6.45) is 1.03. The summed E-state index contributed by atoms with van der Waals surface area (Å²) in [5.41, 5.74) is 2.57. The van der Waals surface area contributed by atoms with Gasteiger partial charge in [-0.05, 0) is 76.1 Å². The number of benzene rings is 2. The first-order valence-electron chi connectivity index (χ1n) is 12.2. The van der Waals surface area contributed by atoms with Crippen molar-refractivity contribution in [3.63, 3.8) is 0 Å². The molecule has 0 spiro atoms. The van der Waals surface area contributed by atoms with Crippen LogP contribution in [0.25, 0.3) is 16.9 Å². The van der Waals surface area contributed by atoms with Crippen molar-refractivity contribution < 1.29 is 19.1 Å². The summed E-state index contributed by atoms with van der Waals surface area (Å²) >= 11 is 0. The predicted octanol–water partition coefficient (Wildman–Crippen LogP) is 4.55. The Morgan fingerprint density at radius 3 is 2.43 bits per heavy atom. The summed E-state index contributed by atoms with van der Waals surface area (Å²) in [6.45, 7) is 6.39. The van der Waals surface area contributed by atoms with E-state index in [1.54, 1.807) is 34.9 Å². The molecule has 1 aromatic heterocycles. The number of alkyl carbamates (subject to hydrolysis) is 1. The molecular formula is C28H31N5O4. The first-order chi connectivity index (χ1) is 17.7. The van der Waals surface area contributed by atoms with Crippen molar-refractivity contribution in [2.75, 3.05) is 20.2 Å². The summed E-state index contributed by atoms with van der Waals surface area (Å²) in [4.78, 5) is 27.5. The van der Waals surface area contributed by atoms with Gasteiger partial charge in [-0.25, -0.2) is 9.48 Å². The number of nitriles is 1. The number of piperidine rings is 1. The molecule has 192 valence electrons. The zero-order valence-corrected chi connectivity index (χ0v) is 21.5. The second-order valence-corrected chi connectivity index (χ2v) is 9.95. The van der Waals surface area contributed by atoms with Crippen LogP contribution >= 0.6 is 0 Å². The second kappa shape index (κ2) is 10.7. The van der Waals surface area contributed by atoms with Crippen molar-refractivity contribution in [3.05, 3.63) is 65.9 Å². The van der Waals surface area contributed by atoms with E-state index >= 15 is 0 Å².